The summed E-state index contributed by atoms with van der Waals surface area (Å²) in [6, 6.07) is 13.3. The Balaban J connectivity index is 1.19. The van der Waals surface area contributed by atoms with Crippen molar-refractivity contribution in [2.45, 2.75) is 76.7 Å². The minimum absolute atomic E-state index is 0.0109. The molecule has 0 saturated carbocycles. The third-order valence-electron chi connectivity index (χ3n) is 9.18. The van der Waals surface area contributed by atoms with E-state index in [2.05, 4.69) is 34.3 Å². The van der Waals surface area contributed by atoms with Gasteiger partial charge in [-0.1, -0.05) is 13.8 Å². The molecule has 46 heavy (non-hydrogen) atoms. The molecule has 1 N–H and O–H groups in total. The molecule has 11 heteroatoms. The van der Waals surface area contributed by atoms with Gasteiger partial charge in [0.05, 0.1) is 23.0 Å². The van der Waals surface area contributed by atoms with Crippen LogP contribution in [0.3, 0.4) is 0 Å². The van der Waals surface area contributed by atoms with Crippen molar-refractivity contribution >= 4 is 11.8 Å². The summed E-state index contributed by atoms with van der Waals surface area (Å²) in [6.07, 6.45) is 2.08. The number of aromatic nitrogens is 2. The lowest BCUT2D eigenvalue weighted by Gasteiger charge is -2.41. The van der Waals surface area contributed by atoms with Crippen LogP contribution in [0.5, 0.6) is 11.5 Å². The molecule has 9 nitrogen and oxygen atoms in total. The number of rotatable bonds is 9. The Hall–Kier alpha value is -3.96. The van der Waals surface area contributed by atoms with Gasteiger partial charge in [-0.25, -0.2) is 8.78 Å². The molecule has 244 valence electrons. The van der Waals surface area contributed by atoms with E-state index >= 15 is 8.78 Å². The Kier molecular flexibility index (Phi) is 9.89. The second kappa shape index (κ2) is 14.2. The van der Waals surface area contributed by atoms with Gasteiger partial charge in [0.1, 0.15) is 23.5 Å². The summed E-state index contributed by atoms with van der Waals surface area (Å²) in [6.45, 7) is 7.06. The van der Waals surface area contributed by atoms with E-state index in [0.29, 0.717) is 50.5 Å². The molecule has 0 aliphatic carbocycles. The minimum Gasteiger partial charge on any atom is -0.457 e. The van der Waals surface area contributed by atoms with Crippen molar-refractivity contribution in [3.8, 4) is 22.8 Å². The first kappa shape index (κ1) is 32.0. The fourth-order valence-corrected chi connectivity index (χ4v) is 6.41. The first-order valence-corrected chi connectivity index (χ1v) is 16.2. The van der Waals surface area contributed by atoms with Crippen LogP contribution in [0.15, 0.2) is 48.5 Å². The van der Waals surface area contributed by atoms with Crippen molar-refractivity contribution in [3.63, 3.8) is 0 Å². The largest absolute Gasteiger partial charge is 0.457 e. The molecule has 2 unspecified atom stereocenters. The molecule has 3 aliphatic rings. The van der Waals surface area contributed by atoms with Gasteiger partial charge in [-0.2, -0.15) is 10.2 Å². The number of amides is 2. The Morgan fingerprint density at radius 1 is 1.07 bits per heavy atom. The van der Waals surface area contributed by atoms with Crippen molar-refractivity contribution < 1.29 is 27.8 Å². The number of carbonyl (C=O) groups excluding carboxylic acids is 2. The van der Waals surface area contributed by atoms with E-state index in [9.17, 15) is 9.59 Å². The average Bonchev–Trinajstić information content (AvgIpc) is 3.47. The number of carbonyl (C=O) groups is 2. The lowest BCUT2D eigenvalue weighted by atomic mass is 9.98. The van der Waals surface area contributed by atoms with Crippen LogP contribution in [0.25, 0.3) is 11.3 Å². The summed E-state index contributed by atoms with van der Waals surface area (Å²) in [5.74, 6) is -0.461. The van der Waals surface area contributed by atoms with Crippen molar-refractivity contribution in [2.75, 3.05) is 32.8 Å². The fourth-order valence-electron chi connectivity index (χ4n) is 6.41. The zero-order valence-electron chi connectivity index (χ0n) is 26.4. The van der Waals surface area contributed by atoms with E-state index in [1.165, 1.54) is 12.1 Å². The lowest BCUT2D eigenvalue weighted by Crippen LogP contribution is -2.55. The van der Waals surface area contributed by atoms with Crippen LogP contribution in [-0.4, -0.2) is 82.9 Å². The SMILES string of the molecule is CC(C)c1ccc(-c2ccc(Oc3cc(C(=O)NC4CCN(C5CCOCC5)CC4F)c(F)cc3CN3CCCC3=O)cc2)nn1. The molecule has 1 aromatic heterocycles. The normalized spacial score (nSPS) is 21.2. The van der Waals surface area contributed by atoms with Gasteiger partial charge in [0.15, 0.2) is 0 Å². The minimum atomic E-state index is -1.27. The third-order valence-corrected chi connectivity index (χ3v) is 9.18. The number of nitrogens with one attached hydrogen (secondary N) is 1. The second-order valence-electron chi connectivity index (χ2n) is 12.7. The Labute approximate surface area is 268 Å². The van der Waals surface area contributed by atoms with E-state index in [1.807, 2.05) is 24.3 Å². The maximum Gasteiger partial charge on any atom is 0.254 e. The maximum atomic E-state index is 15.5. The van der Waals surface area contributed by atoms with Crippen LogP contribution in [0.2, 0.25) is 0 Å². The lowest BCUT2D eigenvalue weighted by molar-refractivity contribution is -0.128. The van der Waals surface area contributed by atoms with Crippen molar-refractivity contribution in [2.24, 2.45) is 0 Å². The van der Waals surface area contributed by atoms with Gasteiger partial charge in [-0.05, 0) is 80.1 Å². The number of hydrogen-bond acceptors (Lipinski definition) is 7. The molecule has 3 fully saturated rings. The van der Waals surface area contributed by atoms with Gasteiger partial charge in [0, 0.05) is 63.0 Å². The molecule has 0 spiro atoms. The predicted octanol–water partition coefficient (Wildman–Crippen LogP) is 5.64. The van der Waals surface area contributed by atoms with E-state index in [1.54, 1.807) is 17.0 Å². The van der Waals surface area contributed by atoms with Crippen LogP contribution in [0.1, 0.15) is 73.5 Å². The first-order valence-electron chi connectivity index (χ1n) is 16.2. The monoisotopic (exact) mass is 633 g/mol. The molecule has 6 rings (SSSR count). The van der Waals surface area contributed by atoms with Crippen LogP contribution < -0.4 is 10.1 Å². The van der Waals surface area contributed by atoms with E-state index in [4.69, 9.17) is 9.47 Å². The van der Waals surface area contributed by atoms with E-state index in [-0.39, 0.29) is 42.3 Å². The average molecular weight is 634 g/mol. The summed E-state index contributed by atoms with van der Waals surface area (Å²) < 4.78 is 42.5. The predicted molar refractivity (Wildman–Crippen MR) is 169 cm³/mol. The summed E-state index contributed by atoms with van der Waals surface area (Å²) >= 11 is 0. The van der Waals surface area contributed by atoms with Crippen LogP contribution in [0.4, 0.5) is 8.78 Å². The molecular weight excluding hydrogens is 592 g/mol. The van der Waals surface area contributed by atoms with Gasteiger partial charge in [-0.3, -0.25) is 14.5 Å². The zero-order chi connectivity index (χ0) is 32.2. The number of halogens is 2. The Morgan fingerprint density at radius 3 is 2.50 bits per heavy atom. The van der Waals surface area contributed by atoms with Crippen molar-refractivity contribution in [3.05, 3.63) is 71.2 Å². The molecule has 3 aromatic rings. The van der Waals surface area contributed by atoms with Crippen molar-refractivity contribution in [1.29, 1.82) is 0 Å². The van der Waals surface area contributed by atoms with Gasteiger partial charge in [0.25, 0.3) is 5.91 Å². The number of ether oxygens (including phenoxy) is 2. The first-order chi connectivity index (χ1) is 22.2. The highest BCUT2D eigenvalue weighted by Gasteiger charge is 2.35. The summed E-state index contributed by atoms with van der Waals surface area (Å²) in [5.41, 5.74) is 2.68. The topological polar surface area (TPSA) is 96.9 Å². The summed E-state index contributed by atoms with van der Waals surface area (Å²) in [5, 5.41) is 11.4. The number of likely N-dealkylation sites (tertiary alicyclic amines) is 2. The molecule has 2 atom stereocenters. The van der Waals surface area contributed by atoms with Crippen LogP contribution in [-0.2, 0) is 16.1 Å². The molecule has 4 heterocycles. The van der Waals surface area contributed by atoms with E-state index in [0.717, 1.165) is 36.2 Å². The summed E-state index contributed by atoms with van der Waals surface area (Å²) in [4.78, 5) is 29.5. The highest BCUT2D eigenvalue weighted by molar-refractivity contribution is 5.95. The molecule has 0 bridgehead atoms. The van der Waals surface area contributed by atoms with E-state index < -0.39 is 23.9 Å². The third kappa shape index (κ3) is 7.36. The molecule has 2 aromatic carbocycles. The molecule has 0 radical (unpaired) electrons. The summed E-state index contributed by atoms with van der Waals surface area (Å²) in [7, 11) is 0. The Morgan fingerprint density at radius 2 is 1.85 bits per heavy atom. The van der Waals surface area contributed by atoms with Gasteiger partial charge in [-0.15, -0.1) is 0 Å². The smallest absolute Gasteiger partial charge is 0.254 e. The number of nitrogens with zero attached hydrogens (tertiary/aromatic N) is 4. The number of piperidine rings is 1. The second-order valence-corrected chi connectivity index (χ2v) is 12.7. The highest BCUT2D eigenvalue weighted by Crippen LogP contribution is 2.32. The number of hydrogen-bond donors (Lipinski definition) is 1. The van der Waals surface area contributed by atoms with Crippen LogP contribution >= 0.6 is 0 Å². The standard InChI is InChI=1S/C35H41F2N5O4/c1-22(2)30-9-10-31(40-39-30)23-5-7-26(8-6-23)46-33-19-27(28(36)18-24(33)20-42-14-3-4-34(42)43)35(44)38-32-11-15-41(21-29(32)37)25-12-16-45-17-13-25/h5-10,18-19,22,25,29,32H,3-4,11-17,20-21H2,1-2H3,(H,38,44). The van der Waals surface area contributed by atoms with Crippen LogP contribution in [0, 0.1) is 5.82 Å². The van der Waals surface area contributed by atoms with Crippen molar-refractivity contribution in [1.82, 2.24) is 25.3 Å². The van der Waals surface area contributed by atoms with Gasteiger partial charge in [0.2, 0.25) is 5.91 Å². The molecular formula is C35H41F2N5O4. The van der Waals surface area contributed by atoms with Gasteiger partial charge < -0.3 is 19.7 Å². The van der Waals surface area contributed by atoms with Gasteiger partial charge >= 0.3 is 0 Å². The number of benzene rings is 2. The Bertz CT molecular complexity index is 1530. The zero-order valence-corrected chi connectivity index (χ0v) is 26.4. The quantitative estimate of drug-likeness (QED) is 0.326. The molecule has 3 aliphatic heterocycles. The number of alkyl halides is 1. The molecule has 3 saturated heterocycles. The molecule has 2 amide bonds. The highest BCUT2D eigenvalue weighted by atomic mass is 19.1. The maximum absolute atomic E-state index is 15.5. The fraction of sp³-hybridized carbons (Fsp3) is 0.486.